The molecular weight excluding hydrogens is 100 g/mol. The Morgan fingerprint density at radius 2 is 2.25 bits per heavy atom. The molecule has 8 heavy (non-hydrogen) atoms. The van der Waals surface area contributed by atoms with E-state index >= 15 is 0 Å². The summed E-state index contributed by atoms with van der Waals surface area (Å²) in [6, 6.07) is 0.823. The van der Waals surface area contributed by atoms with Crippen molar-refractivity contribution < 1.29 is 0 Å². The Balaban J connectivity index is 1.92. The molecule has 2 N–H and O–H groups in total. The first-order chi connectivity index (χ1) is 3.97. The van der Waals surface area contributed by atoms with Gasteiger partial charge in [-0.1, -0.05) is 0 Å². The largest absolute Gasteiger partial charge is 0.315 e. The molecule has 0 aromatic carbocycles. The maximum Gasteiger partial charge on any atom is 0.0233 e. The predicted octanol–water partition coefficient (Wildman–Crippen LogP) is -0.432. The maximum absolute atomic E-state index is 3.38. The van der Waals surface area contributed by atoms with Crippen molar-refractivity contribution in [1.29, 1.82) is 0 Å². The van der Waals surface area contributed by atoms with Crippen LogP contribution in [0.3, 0.4) is 0 Å². The minimum atomic E-state index is 0.823. The fraction of sp³-hybridized carbons (Fsp3) is 1.00. The van der Waals surface area contributed by atoms with Crippen LogP contribution in [0.2, 0.25) is 0 Å². The fourth-order valence-corrected chi connectivity index (χ4v) is 1.54. The van der Waals surface area contributed by atoms with Gasteiger partial charge in [0, 0.05) is 12.6 Å². The van der Waals surface area contributed by atoms with Crippen molar-refractivity contribution in [3.63, 3.8) is 0 Å². The van der Waals surface area contributed by atoms with Gasteiger partial charge >= 0.3 is 0 Å². The number of piperidine rings is 1. The summed E-state index contributed by atoms with van der Waals surface area (Å²) in [5.74, 6) is 1.01. The molecule has 2 nitrogen and oxygen atoms in total. The first kappa shape index (κ1) is 4.77. The smallest absolute Gasteiger partial charge is 0.0233 e. The van der Waals surface area contributed by atoms with Crippen molar-refractivity contribution in [2.45, 2.75) is 12.5 Å². The molecule has 2 aliphatic heterocycles. The Labute approximate surface area is 49.7 Å². The van der Waals surface area contributed by atoms with Gasteiger partial charge in [-0.15, -0.1) is 0 Å². The van der Waals surface area contributed by atoms with Crippen LogP contribution >= 0.6 is 0 Å². The Bertz CT molecular complexity index is 80.5. The monoisotopic (exact) mass is 112 g/mol. The molecule has 2 aliphatic rings. The zero-order chi connectivity index (χ0) is 5.40. The third-order valence-electron chi connectivity index (χ3n) is 2.27. The van der Waals surface area contributed by atoms with Crippen LogP contribution in [0.25, 0.3) is 0 Å². The van der Waals surface area contributed by atoms with E-state index in [1.54, 1.807) is 0 Å². The molecule has 0 saturated carbocycles. The van der Waals surface area contributed by atoms with Gasteiger partial charge in [0.25, 0.3) is 0 Å². The molecule has 2 heteroatoms. The molecule has 0 aromatic heterocycles. The molecule has 46 valence electrons. The highest BCUT2D eigenvalue weighted by Gasteiger charge is 2.31. The Hall–Kier alpha value is -0.0800. The van der Waals surface area contributed by atoms with Crippen LogP contribution in [0.5, 0.6) is 0 Å². The van der Waals surface area contributed by atoms with E-state index in [9.17, 15) is 0 Å². The van der Waals surface area contributed by atoms with Crippen molar-refractivity contribution in [2.24, 2.45) is 5.92 Å². The van der Waals surface area contributed by atoms with E-state index in [0.29, 0.717) is 0 Å². The van der Waals surface area contributed by atoms with E-state index in [1.165, 1.54) is 26.1 Å². The minimum Gasteiger partial charge on any atom is -0.315 e. The Morgan fingerprint density at radius 1 is 1.25 bits per heavy atom. The highest BCUT2D eigenvalue weighted by molar-refractivity contribution is 4.92. The highest BCUT2D eigenvalue weighted by Crippen LogP contribution is 2.18. The van der Waals surface area contributed by atoms with Crippen molar-refractivity contribution >= 4 is 0 Å². The van der Waals surface area contributed by atoms with Crippen LogP contribution in [0, 0.1) is 5.92 Å². The molecular formula is C6H12N2. The van der Waals surface area contributed by atoms with Crippen LogP contribution in [0.1, 0.15) is 6.42 Å². The average molecular weight is 112 g/mol. The standard InChI is InChI=1S/C6H12N2/c1-2-7-4-6-5(1)3-8-6/h5-8H,1-4H2/t5?,6-/m0/s1. The lowest BCUT2D eigenvalue weighted by Crippen LogP contribution is -2.61. The summed E-state index contributed by atoms with van der Waals surface area (Å²) in [5, 5.41) is 6.74. The number of hydrogen-bond donors (Lipinski definition) is 2. The first-order valence-electron chi connectivity index (χ1n) is 3.41. The second kappa shape index (κ2) is 1.71. The molecule has 2 saturated heterocycles. The average Bonchev–Trinajstić information content (AvgIpc) is 1.72. The van der Waals surface area contributed by atoms with E-state index in [2.05, 4.69) is 10.6 Å². The number of nitrogens with one attached hydrogen (secondary N) is 2. The summed E-state index contributed by atoms with van der Waals surface area (Å²) in [6.45, 7) is 3.71. The molecule has 2 atom stereocenters. The number of fused-ring (bicyclic) bond motifs is 1. The first-order valence-corrected chi connectivity index (χ1v) is 3.41. The van der Waals surface area contributed by atoms with Gasteiger partial charge in [-0.05, 0) is 25.4 Å². The van der Waals surface area contributed by atoms with Gasteiger partial charge < -0.3 is 10.6 Å². The summed E-state index contributed by atoms with van der Waals surface area (Å²) >= 11 is 0. The van der Waals surface area contributed by atoms with Crippen LogP contribution in [0.15, 0.2) is 0 Å². The van der Waals surface area contributed by atoms with Gasteiger partial charge in [0.1, 0.15) is 0 Å². The lowest BCUT2D eigenvalue weighted by Gasteiger charge is -2.41. The molecule has 2 rings (SSSR count). The molecule has 0 amide bonds. The summed E-state index contributed by atoms with van der Waals surface area (Å²) in [7, 11) is 0. The predicted molar refractivity (Wildman–Crippen MR) is 32.8 cm³/mol. The van der Waals surface area contributed by atoms with Gasteiger partial charge in [-0.2, -0.15) is 0 Å². The van der Waals surface area contributed by atoms with E-state index in [4.69, 9.17) is 0 Å². The molecule has 0 radical (unpaired) electrons. The van der Waals surface area contributed by atoms with Gasteiger partial charge in [0.05, 0.1) is 0 Å². The molecule has 2 heterocycles. The van der Waals surface area contributed by atoms with Gasteiger partial charge in [-0.3, -0.25) is 0 Å². The number of rotatable bonds is 0. The van der Waals surface area contributed by atoms with Crippen molar-refractivity contribution in [1.82, 2.24) is 10.6 Å². The van der Waals surface area contributed by atoms with Crippen molar-refractivity contribution in [3.05, 3.63) is 0 Å². The zero-order valence-electron chi connectivity index (χ0n) is 4.98. The number of hydrogen-bond acceptors (Lipinski definition) is 2. The Morgan fingerprint density at radius 3 is 2.62 bits per heavy atom. The second-order valence-corrected chi connectivity index (χ2v) is 2.77. The SMILES string of the molecule is C1CC2CN[C@H]2CN1. The topological polar surface area (TPSA) is 24.1 Å². The molecule has 0 aromatic rings. The summed E-state index contributed by atoms with van der Waals surface area (Å²) in [6.07, 6.45) is 1.39. The van der Waals surface area contributed by atoms with Crippen molar-refractivity contribution in [3.8, 4) is 0 Å². The van der Waals surface area contributed by atoms with Crippen LogP contribution in [-0.4, -0.2) is 25.7 Å². The summed E-state index contributed by atoms with van der Waals surface area (Å²) < 4.78 is 0. The third kappa shape index (κ3) is 0.565. The molecule has 0 aliphatic carbocycles. The van der Waals surface area contributed by atoms with Gasteiger partial charge in [-0.25, -0.2) is 0 Å². The lowest BCUT2D eigenvalue weighted by atomic mass is 9.86. The van der Waals surface area contributed by atoms with Crippen LogP contribution in [-0.2, 0) is 0 Å². The third-order valence-corrected chi connectivity index (χ3v) is 2.27. The summed E-state index contributed by atoms with van der Waals surface area (Å²) in [5.41, 5.74) is 0. The lowest BCUT2D eigenvalue weighted by molar-refractivity contribution is 0.180. The molecule has 2 fully saturated rings. The fourth-order valence-electron chi connectivity index (χ4n) is 1.54. The maximum atomic E-state index is 3.38. The van der Waals surface area contributed by atoms with Crippen molar-refractivity contribution in [2.75, 3.05) is 19.6 Å². The van der Waals surface area contributed by atoms with E-state index < -0.39 is 0 Å². The minimum absolute atomic E-state index is 0.823. The van der Waals surface area contributed by atoms with Gasteiger partial charge in [0.2, 0.25) is 0 Å². The highest BCUT2D eigenvalue weighted by atomic mass is 15.1. The normalized spacial score (nSPS) is 45.0. The zero-order valence-corrected chi connectivity index (χ0v) is 4.98. The van der Waals surface area contributed by atoms with E-state index in [1.807, 2.05) is 0 Å². The summed E-state index contributed by atoms with van der Waals surface area (Å²) in [4.78, 5) is 0. The Kier molecular flexibility index (Phi) is 1.02. The van der Waals surface area contributed by atoms with E-state index in [-0.39, 0.29) is 0 Å². The molecule has 1 unspecified atom stereocenters. The molecule has 0 spiro atoms. The van der Waals surface area contributed by atoms with Crippen LogP contribution < -0.4 is 10.6 Å². The van der Waals surface area contributed by atoms with Crippen LogP contribution in [0.4, 0.5) is 0 Å². The van der Waals surface area contributed by atoms with E-state index in [0.717, 1.165) is 12.0 Å². The quantitative estimate of drug-likeness (QED) is 0.444. The molecule has 0 bridgehead atoms. The second-order valence-electron chi connectivity index (χ2n) is 2.77. The van der Waals surface area contributed by atoms with Gasteiger partial charge in [0.15, 0.2) is 0 Å².